The highest BCUT2D eigenvalue weighted by Crippen LogP contribution is 2.33. The Balaban J connectivity index is 2.06. The van der Waals surface area contributed by atoms with Gasteiger partial charge in [0.25, 0.3) is 0 Å². The predicted octanol–water partition coefficient (Wildman–Crippen LogP) is 4.74. The molecule has 2 aliphatic heterocycles. The summed E-state index contributed by atoms with van der Waals surface area (Å²) in [7, 11) is 6.11. The van der Waals surface area contributed by atoms with Crippen LogP contribution in [0.4, 0.5) is 0 Å². The summed E-state index contributed by atoms with van der Waals surface area (Å²) in [4.78, 5) is 78.8. The Labute approximate surface area is 344 Å². The number of thioether (sulfide) groups is 1. The Hall–Kier alpha value is -3.91. The molecule has 14 heteroatoms. The van der Waals surface area contributed by atoms with Gasteiger partial charge in [0.15, 0.2) is 0 Å². The van der Waals surface area contributed by atoms with Crippen LogP contribution in [0.1, 0.15) is 87.6 Å². The lowest BCUT2D eigenvalue weighted by atomic mass is 9.81. The quantitative estimate of drug-likeness (QED) is 0.410. The second-order valence-corrected chi connectivity index (χ2v) is 18.4. The number of rotatable bonds is 4. The van der Waals surface area contributed by atoms with Gasteiger partial charge in [-0.05, 0) is 68.6 Å². The molecule has 1 aromatic carbocycles. The number of fused-ring (bicyclic) bond motifs is 1. The fourth-order valence-electron chi connectivity index (χ4n) is 7.13. The van der Waals surface area contributed by atoms with Crippen LogP contribution in [0.3, 0.4) is 0 Å². The molecule has 0 fully saturated rings. The van der Waals surface area contributed by atoms with Crippen molar-refractivity contribution in [2.45, 2.75) is 131 Å². The molecule has 2 heterocycles. The number of ether oxygens (including phenoxy) is 2. The van der Waals surface area contributed by atoms with E-state index in [1.54, 1.807) is 57.9 Å². The molecule has 9 unspecified atom stereocenters. The number of benzene rings is 1. The topological polar surface area (TPSA) is 158 Å². The van der Waals surface area contributed by atoms with Crippen molar-refractivity contribution in [2.24, 2.45) is 28.2 Å². The van der Waals surface area contributed by atoms with E-state index in [-0.39, 0.29) is 30.2 Å². The van der Waals surface area contributed by atoms with E-state index in [0.717, 1.165) is 10.6 Å². The van der Waals surface area contributed by atoms with Crippen LogP contribution >= 0.6 is 11.8 Å². The molecule has 0 aromatic heterocycles. The average molecular weight is 814 g/mol. The molecular formula is C43H67N5O8S. The molecule has 13 nitrogen and oxygen atoms in total. The van der Waals surface area contributed by atoms with Crippen LogP contribution in [0.2, 0.25) is 0 Å². The van der Waals surface area contributed by atoms with E-state index in [1.807, 2.05) is 60.6 Å². The molecule has 2 aliphatic rings. The van der Waals surface area contributed by atoms with Crippen molar-refractivity contribution in [3.8, 4) is 5.75 Å². The normalized spacial score (nSPS) is 30.0. The number of nitrogens with zero attached hydrogens (tertiary/aromatic N) is 4. The zero-order valence-corrected chi connectivity index (χ0v) is 37.3. The minimum Gasteiger partial charge on any atom is -0.497 e. The van der Waals surface area contributed by atoms with Crippen LogP contribution in [0.15, 0.2) is 40.9 Å². The van der Waals surface area contributed by atoms with Crippen LogP contribution in [-0.4, -0.2) is 131 Å². The number of cyclic esters (lactones) is 1. The van der Waals surface area contributed by atoms with Gasteiger partial charge in [0.2, 0.25) is 23.6 Å². The monoisotopic (exact) mass is 813 g/mol. The Morgan fingerprint density at radius 3 is 2.07 bits per heavy atom. The third kappa shape index (κ3) is 12.3. The second-order valence-electron chi connectivity index (χ2n) is 17.4. The molecule has 0 saturated heterocycles. The Morgan fingerprint density at radius 2 is 1.51 bits per heavy atom. The van der Waals surface area contributed by atoms with Crippen LogP contribution in [0, 0.1) is 23.2 Å². The molecule has 4 amide bonds. The summed E-state index contributed by atoms with van der Waals surface area (Å²) >= 11 is 1.55. The molecule has 2 bridgehead atoms. The highest BCUT2D eigenvalue weighted by atomic mass is 32.2. The van der Waals surface area contributed by atoms with Gasteiger partial charge in [0, 0.05) is 44.8 Å². The minimum atomic E-state index is -1.04. The van der Waals surface area contributed by atoms with Crippen molar-refractivity contribution >= 4 is 46.4 Å². The lowest BCUT2D eigenvalue weighted by Crippen LogP contribution is -2.59. The minimum absolute atomic E-state index is 0.0177. The van der Waals surface area contributed by atoms with Gasteiger partial charge in [-0.15, -0.1) is 11.8 Å². The SMILES string of the molecule is COc1ccc(CC2NC(=O)C(C)=CC3CSC(=N3)C(C)C(O)CC(C)CC(C(C)(C)C)OC(=O)C(C)N(C)C(=O)C(C(C)C)N(C)C(=O)C(C)N(C)C2=O)cc1. The van der Waals surface area contributed by atoms with Gasteiger partial charge in [-0.1, -0.05) is 66.7 Å². The number of aliphatic hydroxyl groups is 1. The summed E-state index contributed by atoms with van der Waals surface area (Å²) in [6.07, 6.45) is 1.66. The number of methoxy groups -OCH3 is 1. The molecule has 3 rings (SSSR count). The Bertz CT molecular complexity index is 1660. The molecule has 57 heavy (non-hydrogen) atoms. The van der Waals surface area contributed by atoms with E-state index < -0.39 is 71.4 Å². The lowest BCUT2D eigenvalue weighted by Gasteiger charge is -2.38. The summed E-state index contributed by atoms with van der Waals surface area (Å²) in [6.45, 7) is 18.5. The number of carbonyl (C=O) groups is 5. The number of aliphatic imine (C=N–C) groups is 1. The highest BCUT2D eigenvalue weighted by Gasteiger charge is 2.40. The van der Waals surface area contributed by atoms with Crippen LogP contribution in [-0.2, 0) is 35.1 Å². The number of hydrogen-bond acceptors (Lipinski definition) is 10. The predicted molar refractivity (Wildman–Crippen MR) is 225 cm³/mol. The molecule has 0 spiro atoms. The van der Waals surface area contributed by atoms with E-state index >= 15 is 0 Å². The van der Waals surface area contributed by atoms with Crippen molar-refractivity contribution in [3.05, 3.63) is 41.5 Å². The van der Waals surface area contributed by atoms with Crippen molar-refractivity contribution in [2.75, 3.05) is 34.0 Å². The van der Waals surface area contributed by atoms with Crippen molar-refractivity contribution in [3.63, 3.8) is 0 Å². The number of esters is 1. The zero-order chi connectivity index (χ0) is 43.1. The third-order valence-electron chi connectivity index (χ3n) is 11.4. The molecule has 9 atom stereocenters. The first-order chi connectivity index (χ1) is 26.5. The van der Waals surface area contributed by atoms with E-state index in [2.05, 4.69) is 5.32 Å². The fourth-order valence-corrected chi connectivity index (χ4v) is 8.27. The largest absolute Gasteiger partial charge is 0.497 e. The zero-order valence-electron chi connectivity index (χ0n) is 36.5. The standard InChI is InChI=1S/C43H67N5O8S/c1-24(2)36-41(53)47(12)29(7)42(54)56-35(43(8,9)10)20-25(3)19-34(49)27(5)38-44-31(23-57-38)21-26(4)37(50)45-33(22-30-15-17-32(55-14)18-16-30)40(52)46(11)28(6)39(51)48(36)13/h15-18,21,24-25,27-29,31,33-36,49H,19-20,22-23H2,1-14H3,(H,45,50). The van der Waals surface area contributed by atoms with Crippen molar-refractivity contribution in [1.82, 2.24) is 20.0 Å². The molecule has 318 valence electrons. The summed E-state index contributed by atoms with van der Waals surface area (Å²) in [5.41, 5.74) is 0.723. The highest BCUT2D eigenvalue weighted by molar-refractivity contribution is 8.14. The first-order valence-corrected chi connectivity index (χ1v) is 21.0. The van der Waals surface area contributed by atoms with E-state index in [1.165, 1.54) is 35.8 Å². The summed E-state index contributed by atoms with van der Waals surface area (Å²) < 4.78 is 11.4. The van der Waals surface area contributed by atoms with E-state index in [4.69, 9.17) is 14.5 Å². The van der Waals surface area contributed by atoms with Gasteiger partial charge in [0.1, 0.15) is 36.0 Å². The molecule has 0 saturated carbocycles. The van der Waals surface area contributed by atoms with Gasteiger partial charge in [-0.2, -0.15) is 0 Å². The van der Waals surface area contributed by atoms with Gasteiger partial charge in [-0.25, -0.2) is 4.79 Å². The van der Waals surface area contributed by atoms with Crippen molar-refractivity contribution in [1.29, 1.82) is 0 Å². The lowest BCUT2D eigenvalue weighted by molar-refractivity contribution is -0.166. The summed E-state index contributed by atoms with van der Waals surface area (Å²) in [5, 5.41) is 15.1. The number of likely N-dealkylation sites (N-methyl/N-ethyl adjacent to an activating group) is 3. The van der Waals surface area contributed by atoms with Crippen molar-refractivity contribution < 1.29 is 38.6 Å². The number of hydrogen-bond donors (Lipinski definition) is 2. The number of aliphatic hydroxyl groups excluding tert-OH is 1. The van der Waals surface area contributed by atoms with Crippen LogP contribution in [0.25, 0.3) is 0 Å². The van der Waals surface area contributed by atoms with Gasteiger partial charge < -0.3 is 34.6 Å². The maximum absolute atomic E-state index is 14.3. The smallest absolute Gasteiger partial charge is 0.328 e. The molecule has 0 radical (unpaired) electrons. The maximum Gasteiger partial charge on any atom is 0.328 e. The number of carbonyl (C=O) groups excluding carboxylic acids is 5. The Morgan fingerprint density at radius 1 is 0.912 bits per heavy atom. The molecular weight excluding hydrogens is 747 g/mol. The molecule has 1 aromatic rings. The van der Waals surface area contributed by atoms with Crippen LogP contribution < -0.4 is 10.1 Å². The molecule has 0 aliphatic carbocycles. The van der Waals surface area contributed by atoms with Gasteiger partial charge in [-0.3, -0.25) is 24.2 Å². The Kier molecular flexibility index (Phi) is 16.8. The second kappa shape index (κ2) is 20.2. The number of amides is 4. The molecule has 2 N–H and O–H groups in total. The summed E-state index contributed by atoms with van der Waals surface area (Å²) in [6, 6.07) is 2.90. The van der Waals surface area contributed by atoms with E-state index in [0.29, 0.717) is 29.9 Å². The fraction of sp³-hybridized carbons (Fsp3) is 0.674. The van der Waals surface area contributed by atoms with Crippen LogP contribution in [0.5, 0.6) is 5.75 Å². The first kappa shape index (κ1) is 47.5. The third-order valence-corrected chi connectivity index (χ3v) is 12.6. The average Bonchev–Trinajstić information content (AvgIpc) is 3.62. The number of nitrogens with one attached hydrogen (secondary N) is 1. The maximum atomic E-state index is 14.3. The van der Waals surface area contributed by atoms with E-state index in [9.17, 15) is 29.1 Å². The van der Waals surface area contributed by atoms with Gasteiger partial charge >= 0.3 is 5.97 Å². The summed E-state index contributed by atoms with van der Waals surface area (Å²) in [5.74, 6) is -1.81. The first-order valence-electron chi connectivity index (χ1n) is 20.0. The van der Waals surface area contributed by atoms with Gasteiger partial charge in [0.05, 0.1) is 24.3 Å².